The Morgan fingerprint density at radius 3 is 2.61 bits per heavy atom. The van der Waals surface area contributed by atoms with Crippen molar-refractivity contribution < 1.29 is 14.3 Å². The Balaban J connectivity index is 1.96. The maximum atomic E-state index is 12.0. The van der Waals surface area contributed by atoms with Gasteiger partial charge in [-0.2, -0.15) is 5.26 Å². The van der Waals surface area contributed by atoms with Gasteiger partial charge in [0.05, 0.1) is 11.6 Å². The van der Waals surface area contributed by atoms with Gasteiger partial charge in [0.15, 0.2) is 6.10 Å². The van der Waals surface area contributed by atoms with Crippen molar-refractivity contribution in [2.24, 2.45) is 0 Å². The molecular weight excluding hydrogens is 318 g/mol. The second kappa shape index (κ2) is 7.38. The molecule has 1 heterocycles. The van der Waals surface area contributed by atoms with Crippen molar-refractivity contribution >= 4 is 29.2 Å². The Kier molecular flexibility index (Phi) is 5.28. The number of ether oxygens (including phenoxy) is 1. The molecule has 1 amide bonds. The smallest absolute Gasteiger partial charge is 0.357 e. The highest BCUT2D eigenvalue weighted by Crippen LogP contribution is 2.12. The van der Waals surface area contributed by atoms with Crippen LogP contribution in [-0.4, -0.2) is 23.0 Å². The molecule has 1 atom stereocenters. The van der Waals surface area contributed by atoms with Crippen molar-refractivity contribution in [3.8, 4) is 6.07 Å². The highest BCUT2D eigenvalue weighted by molar-refractivity contribution is 6.30. The van der Waals surface area contributed by atoms with E-state index in [0.717, 1.165) is 0 Å². The van der Waals surface area contributed by atoms with E-state index >= 15 is 0 Å². The average Bonchev–Trinajstić information content (AvgIpc) is 2.55. The number of carbonyl (C=O) groups is 2. The lowest BCUT2D eigenvalue weighted by molar-refractivity contribution is -0.123. The lowest BCUT2D eigenvalue weighted by Crippen LogP contribution is -2.30. The van der Waals surface area contributed by atoms with Gasteiger partial charge in [0.1, 0.15) is 5.69 Å². The summed E-state index contributed by atoms with van der Waals surface area (Å²) in [7, 11) is 0. The first-order chi connectivity index (χ1) is 11.0. The Labute approximate surface area is 137 Å². The van der Waals surface area contributed by atoms with Crippen LogP contribution in [0.1, 0.15) is 23.0 Å². The first-order valence-corrected chi connectivity index (χ1v) is 7.01. The maximum absolute atomic E-state index is 12.0. The summed E-state index contributed by atoms with van der Waals surface area (Å²) in [4.78, 5) is 27.7. The quantitative estimate of drug-likeness (QED) is 0.871. The molecule has 0 aliphatic carbocycles. The van der Waals surface area contributed by atoms with Gasteiger partial charge in [-0.05, 0) is 43.3 Å². The van der Waals surface area contributed by atoms with Crippen molar-refractivity contribution in [3.05, 3.63) is 58.9 Å². The van der Waals surface area contributed by atoms with Crippen LogP contribution in [-0.2, 0) is 9.53 Å². The maximum Gasteiger partial charge on any atom is 0.357 e. The Morgan fingerprint density at radius 2 is 2.00 bits per heavy atom. The van der Waals surface area contributed by atoms with Crippen molar-refractivity contribution in [2.45, 2.75) is 13.0 Å². The lowest BCUT2D eigenvalue weighted by Gasteiger charge is -2.13. The molecule has 0 saturated carbocycles. The first-order valence-electron chi connectivity index (χ1n) is 6.63. The third kappa shape index (κ3) is 4.53. The molecule has 2 aromatic rings. The number of nitrogens with one attached hydrogen (secondary N) is 1. The van der Waals surface area contributed by atoms with Gasteiger partial charge in [-0.1, -0.05) is 11.6 Å². The fraction of sp³-hybridized carbons (Fsp3) is 0.125. The summed E-state index contributed by atoms with van der Waals surface area (Å²) in [6.07, 6.45) is 0.361. The molecule has 0 bridgehead atoms. The van der Waals surface area contributed by atoms with Crippen LogP contribution in [0.2, 0.25) is 5.02 Å². The van der Waals surface area contributed by atoms with Crippen LogP contribution < -0.4 is 5.32 Å². The monoisotopic (exact) mass is 329 g/mol. The average molecular weight is 330 g/mol. The molecule has 1 aromatic heterocycles. The summed E-state index contributed by atoms with van der Waals surface area (Å²) in [5.41, 5.74) is 1.00. The molecule has 0 unspecified atom stereocenters. The van der Waals surface area contributed by atoms with Crippen LogP contribution in [0.25, 0.3) is 0 Å². The molecule has 7 heteroatoms. The summed E-state index contributed by atoms with van der Waals surface area (Å²) in [6, 6.07) is 11.2. The highest BCUT2D eigenvalue weighted by atomic mass is 35.5. The number of hydrogen-bond acceptors (Lipinski definition) is 5. The van der Waals surface area contributed by atoms with E-state index in [1.165, 1.54) is 25.3 Å². The molecule has 0 saturated heterocycles. The fourth-order valence-corrected chi connectivity index (χ4v) is 1.82. The number of anilines is 1. The zero-order valence-electron chi connectivity index (χ0n) is 12.1. The van der Waals surface area contributed by atoms with E-state index in [2.05, 4.69) is 10.3 Å². The standard InChI is InChI=1S/C16H12ClN3O3/c1-10(23-16(22)14-8-12(17)6-7-19-14)15(21)20-13-4-2-11(9-18)3-5-13/h2-8,10H,1H3,(H,20,21)/t10-/m1/s1. The number of pyridine rings is 1. The highest BCUT2D eigenvalue weighted by Gasteiger charge is 2.20. The predicted octanol–water partition coefficient (Wildman–Crippen LogP) is 2.79. The minimum Gasteiger partial charge on any atom is -0.448 e. The molecular formula is C16H12ClN3O3. The lowest BCUT2D eigenvalue weighted by atomic mass is 10.2. The first kappa shape index (κ1) is 16.5. The molecule has 0 fully saturated rings. The van der Waals surface area contributed by atoms with Gasteiger partial charge in [-0.25, -0.2) is 9.78 Å². The van der Waals surface area contributed by atoms with E-state index in [1.54, 1.807) is 24.3 Å². The molecule has 0 aliphatic heterocycles. The molecule has 23 heavy (non-hydrogen) atoms. The van der Waals surface area contributed by atoms with E-state index in [0.29, 0.717) is 16.3 Å². The third-order valence-electron chi connectivity index (χ3n) is 2.87. The van der Waals surface area contributed by atoms with Gasteiger partial charge in [0.25, 0.3) is 5.91 Å². The summed E-state index contributed by atoms with van der Waals surface area (Å²) in [5.74, 6) is -1.24. The minimum absolute atomic E-state index is 0.0236. The summed E-state index contributed by atoms with van der Waals surface area (Å²) in [5, 5.41) is 11.7. The van der Waals surface area contributed by atoms with Gasteiger partial charge >= 0.3 is 5.97 Å². The molecule has 0 spiro atoms. The molecule has 6 nitrogen and oxygen atoms in total. The molecule has 2 rings (SSSR count). The van der Waals surface area contributed by atoms with Gasteiger partial charge in [0.2, 0.25) is 0 Å². The van der Waals surface area contributed by atoms with Crippen LogP contribution >= 0.6 is 11.6 Å². The largest absolute Gasteiger partial charge is 0.448 e. The predicted molar refractivity (Wildman–Crippen MR) is 83.9 cm³/mol. The molecule has 0 radical (unpaired) electrons. The van der Waals surface area contributed by atoms with E-state index in [-0.39, 0.29) is 5.69 Å². The normalized spacial score (nSPS) is 11.2. The van der Waals surface area contributed by atoms with Crippen molar-refractivity contribution in [1.82, 2.24) is 4.98 Å². The number of carbonyl (C=O) groups excluding carboxylic acids is 2. The van der Waals surface area contributed by atoms with Gasteiger partial charge < -0.3 is 10.1 Å². The van der Waals surface area contributed by atoms with Crippen LogP contribution in [0.5, 0.6) is 0 Å². The molecule has 1 aromatic carbocycles. The van der Waals surface area contributed by atoms with E-state index in [1.807, 2.05) is 6.07 Å². The van der Waals surface area contributed by atoms with Crippen molar-refractivity contribution in [3.63, 3.8) is 0 Å². The van der Waals surface area contributed by atoms with E-state index in [4.69, 9.17) is 21.6 Å². The number of nitrogens with zero attached hydrogens (tertiary/aromatic N) is 2. The van der Waals surface area contributed by atoms with Crippen molar-refractivity contribution in [1.29, 1.82) is 5.26 Å². The summed E-state index contributed by atoms with van der Waals surface area (Å²) in [6.45, 7) is 1.45. The topological polar surface area (TPSA) is 92.1 Å². The van der Waals surface area contributed by atoms with E-state index in [9.17, 15) is 9.59 Å². The summed E-state index contributed by atoms with van der Waals surface area (Å²) >= 11 is 5.77. The van der Waals surface area contributed by atoms with E-state index < -0.39 is 18.0 Å². The second-order valence-corrected chi connectivity index (χ2v) is 5.02. The van der Waals surface area contributed by atoms with Crippen molar-refractivity contribution in [2.75, 3.05) is 5.32 Å². The third-order valence-corrected chi connectivity index (χ3v) is 3.10. The SMILES string of the molecule is C[C@@H](OC(=O)c1cc(Cl)ccn1)C(=O)Nc1ccc(C#N)cc1. The van der Waals surface area contributed by atoms with Gasteiger partial charge in [-0.15, -0.1) is 0 Å². The van der Waals surface area contributed by atoms with Crippen LogP contribution in [0.15, 0.2) is 42.6 Å². The molecule has 116 valence electrons. The Morgan fingerprint density at radius 1 is 1.30 bits per heavy atom. The Hall–Kier alpha value is -2.91. The van der Waals surface area contributed by atoms with Gasteiger partial charge in [0, 0.05) is 16.9 Å². The fourth-order valence-electron chi connectivity index (χ4n) is 1.66. The number of hydrogen-bond donors (Lipinski definition) is 1. The number of amides is 1. The number of rotatable bonds is 4. The number of nitriles is 1. The number of aromatic nitrogens is 1. The van der Waals surface area contributed by atoms with Crippen LogP contribution in [0.3, 0.4) is 0 Å². The van der Waals surface area contributed by atoms with Crippen LogP contribution in [0, 0.1) is 11.3 Å². The Bertz CT molecular complexity index is 769. The number of halogens is 1. The number of benzene rings is 1. The van der Waals surface area contributed by atoms with Gasteiger partial charge in [-0.3, -0.25) is 4.79 Å². The van der Waals surface area contributed by atoms with Crippen LogP contribution in [0.4, 0.5) is 5.69 Å². The molecule has 1 N–H and O–H groups in total. The summed E-state index contributed by atoms with van der Waals surface area (Å²) < 4.78 is 5.05. The zero-order valence-corrected chi connectivity index (χ0v) is 12.9. The molecule has 0 aliphatic rings. The minimum atomic E-state index is -1.01. The zero-order chi connectivity index (χ0) is 16.8. The second-order valence-electron chi connectivity index (χ2n) is 4.59. The number of esters is 1.